The van der Waals surface area contributed by atoms with E-state index < -0.39 is 0 Å². The van der Waals surface area contributed by atoms with Gasteiger partial charge in [0.15, 0.2) is 0 Å². The van der Waals surface area contributed by atoms with Gasteiger partial charge in [0.25, 0.3) is 0 Å². The fourth-order valence-electron chi connectivity index (χ4n) is 0.975. The summed E-state index contributed by atoms with van der Waals surface area (Å²) < 4.78 is 0. The highest BCUT2D eigenvalue weighted by molar-refractivity contribution is 5.45. The summed E-state index contributed by atoms with van der Waals surface area (Å²) in [6.07, 6.45) is 4.24. The van der Waals surface area contributed by atoms with E-state index in [1.165, 1.54) is 0 Å². The van der Waals surface area contributed by atoms with Crippen molar-refractivity contribution in [2.45, 2.75) is 19.4 Å². The maximum absolute atomic E-state index is 5.79. The van der Waals surface area contributed by atoms with Crippen molar-refractivity contribution < 1.29 is 0 Å². The smallest absolute Gasteiger partial charge is 0.0549 e. The number of anilines is 1. The standard InChI is InChI=1S/C8H13N3/c1-2-7(9)6-3-4-11-5-8(6)10/h3-5,7H,2,9-10H2,1H3/t7-/m0/s1. The van der Waals surface area contributed by atoms with Crippen LogP contribution in [-0.4, -0.2) is 4.98 Å². The van der Waals surface area contributed by atoms with Gasteiger partial charge in [-0.2, -0.15) is 0 Å². The summed E-state index contributed by atoms with van der Waals surface area (Å²) in [7, 11) is 0. The molecule has 0 saturated heterocycles. The highest BCUT2D eigenvalue weighted by atomic mass is 14.7. The molecule has 0 unspecified atom stereocenters. The molecule has 0 fully saturated rings. The lowest BCUT2D eigenvalue weighted by Crippen LogP contribution is -2.11. The summed E-state index contributed by atoms with van der Waals surface area (Å²) in [6, 6.07) is 1.90. The molecular weight excluding hydrogens is 138 g/mol. The summed E-state index contributed by atoms with van der Waals surface area (Å²) in [4.78, 5) is 3.88. The third-order valence-corrected chi connectivity index (χ3v) is 1.73. The van der Waals surface area contributed by atoms with E-state index in [4.69, 9.17) is 11.5 Å². The topological polar surface area (TPSA) is 64.9 Å². The van der Waals surface area contributed by atoms with Gasteiger partial charge in [-0.3, -0.25) is 4.98 Å². The Kier molecular flexibility index (Phi) is 2.44. The minimum atomic E-state index is 0.0398. The first-order valence-electron chi connectivity index (χ1n) is 3.70. The van der Waals surface area contributed by atoms with Gasteiger partial charge >= 0.3 is 0 Å². The van der Waals surface area contributed by atoms with Crippen LogP contribution in [0.15, 0.2) is 18.5 Å². The highest BCUT2D eigenvalue weighted by Crippen LogP contribution is 2.18. The third kappa shape index (κ3) is 1.68. The second-order valence-corrected chi connectivity index (χ2v) is 2.52. The van der Waals surface area contributed by atoms with E-state index in [0.717, 1.165) is 12.0 Å². The molecule has 3 heteroatoms. The Morgan fingerprint density at radius 3 is 2.91 bits per heavy atom. The van der Waals surface area contributed by atoms with Crippen LogP contribution in [0.3, 0.4) is 0 Å². The summed E-state index contributed by atoms with van der Waals surface area (Å²) in [5, 5.41) is 0. The van der Waals surface area contributed by atoms with Crippen LogP contribution in [-0.2, 0) is 0 Å². The quantitative estimate of drug-likeness (QED) is 0.664. The number of hydrogen-bond acceptors (Lipinski definition) is 3. The predicted molar refractivity (Wildman–Crippen MR) is 45.9 cm³/mol. The number of pyridine rings is 1. The lowest BCUT2D eigenvalue weighted by molar-refractivity contribution is 0.700. The van der Waals surface area contributed by atoms with E-state index in [1.807, 2.05) is 13.0 Å². The lowest BCUT2D eigenvalue weighted by atomic mass is 10.1. The van der Waals surface area contributed by atoms with Crippen molar-refractivity contribution in [1.82, 2.24) is 4.98 Å². The Morgan fingerprint density at radius 1 is 1.64 bits per heavy atom. The second-order valence-electron chi connectivity index (χ2n) is 2.52. The first-order valence-corrected chi connectivity index (χ1v) is 3.70. The molecule has 3 nitrogen and oxygen atoms in total. The Labute approximate surface area is 66.4 Å². The molecule has 0 aliphatic rings. The molecule has 0 saturated carbocycles. The number of nitrogens with two attached hydrogens (primary N) is 2. The average molecular weight is 151 g/mol. The molecule has 0 radical (unpaired) electrons. The van der Waals surface area contributed by atoms with Crippen molar-refractivity contribution in [2.75, 3.05) is 5.73 Å². The number of hydrogen-bond donors (Lipinski definition) is 2. The zero-order chi connectivity index (χ0) is 8.27. The monoisotopic (exact) mass is 151 g/mol. The molecule has 1 atom stereocenters. The van der Waals surface area contributed by atoms with E-state index in [2.05, 4.69) is 4.98 Å². The fraction of sp³-hybridized carbons (Fsp3) is 0.375. The Bertz CT molecular complexity index is 235. The number of nitrogen functional groups attached to an aromatic ring is 1. The first-order chi connectivity index (χ1) is 5.25. The van der Waals surface area contributed by atoms with Crippen LogP contribution in [0.5, 0.6) is 0 Å². The molecule has 1 rings (SSSR count). The molecule has 0 bridgehead atoms. The molecule has 1 aromatic rings. The zero-order valence-corrected chi connectivity index (χ0v) is 6.62. The fourth-order valence-corrected chi connectivity index (χ4v) is 0.975. The van der Waals surface area contributed by atoms with Gasteiger partial charge in [0.1, 0.15) is 0 Å². The minimum Gasteiger partial charge on any atom is -0.397 e. The van der Waals surface area contributed by atoms with Gasteiger partial charge < -0.3 is 11.5 Å². The van der Waals surface area contributed by atoms with Crippen molar-refractivity contribution in [3.63, 3.8) is 0 Å². The Morgan fingerprint density at radius 2 is 2.36 bits per heavy atom. The number of aromatic nitrogens is 1. The SMILES string of the molecule is CC[C@H](N)c1ccncc1N. The van der Waals surface area contributed by atoms with Crippen molar-refractivity contribution >= 4 is 5.69 Å². The summed E-state index contributed by atoms with van der Waals surface area (Å²) in [6.45, 7) is 2.03. The maximum atomic E-state index is 5.79. The van der Waals surface area contributed by atoms with Gasteiger partial charge in [0.2, 0.25) is 0 Å². The molecule has 0 aliphatic heterocycles. The predicted octanol–water partition coefficient (Wildman–Crippen LogP) is 1.07. The molecule has 0 aliphatic carbocycles. The normalized spacial score (nSPS) is 12.9. The zero-order valence-electron chi connectivity index (χ0n) is 6.62. The Hall–Kier alpha value is -1.09. The molecule has 60 valence electrons. The van der Waals surface area contributed by atoms with Crippen molar-refractivity contribution in [3.05, 3.63) is 24.0 Å². The first kappa shape index (κ1) is 8.01. The van der Waals surface area contributed by atoms with E-state index in [9.17, 15) is 0 Å². The van der Waals surface area contributed by atoms with E-state index in [0.29, 0.717) is 5.69 Å². The molecule has 4 N–H and O–H groups in total. The lowest BCUT2D eigenvalue weighted by Gasteiger charge is -2.10. The van der Waals surface area contributed by atoms with Crippen molar-refractivity contribution in [3.8, 4) is 0 Å². The van der Waals surface area contributed by atoms with E-state index in [-0.39, 0.29) is 6.04 Å². The molecule has 0 aromatic carbocycles. The van der Waals surface area contributed by atoms with Crippen LogP contribution in [0.25, 0.3) is 0 Å². The van der Waals surface area contributed by atoms with Crippen LogP contribution in [0, 0.1) is 0 Å². The number of rotatable bonds is 2. The maximum Gasteiger partial charge on any atom is 0.0549 e. The summed E-state index contributed by atoms with van der Waals surface area (Å²) in [5.41, 5.74) is 13.1. The molecule has 11 heavy (non-hydrogen) atoms. The van der Waals surface area contributed by atoms with Crippen LogP contribution in [0.4, 0.5) is 5.69 Å². The second kappa shape index (κ2) is 3.34. The summed E-state index contributed by atoms with van der Waals surface area (Å²) in [5.74, 6) is 0. The molecule has 0 spiro atoms. The van der Waals surface area contributed by atoms with Crippen LogP contribution >= 0.6 is 0 Å². The van der Waals surface area contributed by atoms with Gasteiger partial charge in [-0.15, -0.1) is 0 Å². The number of nitrogens with zero attached hydrogens (tertiary/aromatic N) is 1. The molecular formula is C8H13N3. The van der Waals surface area contributed by atoms with Gasteiger partial charge in [0.05, 0.1) is 11.9 Å². The van der Waals surface area contributed by atoms with Gasteiger partial charge in [-0.05, 0) is 18.1 Å². The average Bonchev–Trinajstić information content (AvgIpc) is 2.04. The van der Waals surface area contributed by atoms with E-state index in [1.54, 1.807) is 12.4 Å². The van der Waals surface area contributed by atoms with Crippen LogP contribution in [0.1, 0.15) is 24.9 Å². The van der Waals surface area contributed by atoms with Crippen molar-refractivity contribution in [1.29, 1.82) is 0 Å². The van der Waals surface area contributed by atoms with Crippen LogP contribution in [0.2, 0.25) is 0 Å². The molecule has 1 heterocycles. The minimum absolute atomic E-state index is 0.0398. The summed E-state index contributed by atoms with van der Waals surface area (Å²) >= 11 is 0. The van der Waals surface area contributed by atoms with E-state index >= 15 is 0 Å². The third-order valence-electron chi connectivity index (χ3n) is 1.73. The van der Waals surface area contributed by atoms with Crippen molar-refractivity contribution in [2.24, 2.45) is 5.73 Å². The van der Waals surface area contributed by atoms with Gasteiger partial charge in [-0.25, -0.2) is 0 Å². The largest absolute Gasteiger partial charge is 0.397 e. The highest BCUT2D eigenvalue weighted by Gasteiger charge is 2.05. The Balaban J connectivity index is 2.93. The van der Waals surface area contributed by atoms with Crippen LogP contribution < -0.4 is 11.5 Å². The molecule has 0 amide bonds. The molecule has 1 aromatic heterocycles. The van der Waals surface area contributed by atoms with Gasteiger partial charge in [-0.1, -0.05) is 6.92 Å². The van der Waals surface area contributed by atoms with Gasteiger partial charge in [0, 0.05) is 12.2 Å².